The molecule has 0 heterocycles. The van der Waals surface area contributed by atoms with E-state index in [0.29, 0.717) is 17.9 Å². The fourth-order valence-corrected chi connectivity index (χ4v) is 4.55. The predicted molar refractivity (Wildman–Crippen MR) is 122 cm³/mol. The van der Waals surface area contributed by atoms with Gasteiger partial charge in [-0.05, 0) is 49.2 Å². The second kappa shape index (κ2) is 10.7. The largest absolute Gasteiger partial charge is 0.492 e. The molecule has 3 rings (SSSR count). The first-order valence-corrected chi connectivity index (χ1v) is 11.8. The van der Waals surface area contributed by atoms with Gasteiger partial charge in [-0.2, -0.15) is 4.72 Å². The summed E-state index contributed by atoms with van der Waals surface area (Å²) in [7, 11) is -4.21. The van der Waals surface area contributed by atoms with E-state index in [4.69, 9.17) is 16.3 Å². The van der Waals surface area contributed by atoms with Crippen LogP contribution in [0.25, 0.3) is 0 Å². The number of halogens is 3. The van der Waals surface area contributed by atoms with Gasteiger partial charge in [0.25, 0.3) is 0 Å². The summed E-state index contributed by atoms with van der Waals surface area (Å²) in [6, 6.07) is 13.8. The van der Waals surface area contributed by atoms with E-state index in [1.165, 1.54) is 18.2 Å². The van der Waals surface area contributed by atoms with Gasteiger partial charge in [0.2, 0.25) is 15.9 Å². The highest BCUT2D eigenvalue weighted by molar-refractivity contribution is 7.89. The third-order valence-electron chi connectivity index (χ3n) is 4.60. The molecule has 0 radical (unpaired) electrons. The highest BCUT2D eigenvalue weighted by Crippen LogP contribution is 2.27. The number of carbonyl (C=O) groups is 1. The second-order valence-electron chi connectivity index (χ2n) is 7.00. The molecule has 0 saturated carbocycles. The summed E-state index contributed by atoms with van der Waals surface area (Å²) >= 11 is 6.11. The normalized spacial score (nSPS) is 12.2. The van der Waals surface area contributed by atoms with Crippen molar-refractivity contribution in [3.63, 3.8) is 0 Å². The van der Waals surface area contributed by atoms with Gasteiger partial charge in [-0.1, -0.05) is 41.9 Å². The van der Waals surface area contributed by atoms with Crippen LogP contribution in [0.15, 0.2) is 71.6 Å². The average molecular weight is 495 g/mol. The summed E-state index contributed by atoms with van der Waals surface area (Å²) in [5, 5.41) is 2.34. The van der Waals surface area contributed by atoms with Gasteiger partial charge in [0.05, 0.1) is 22.2 Å². The molecule has 0 saturated heterocycles. The van der Waals surface area contributed by atoms with Crippen LogP contribution in [-0.2, 0) is 21.2 Å². The summed E-state index contributed by atoms with van der Waals surface area (Å²) in [5.41, 5.74) is 0.256. The van der Waals surface area contributed by atoms with Crippen LogP contribution in [0.3, 0.4) is 0 Å². The smallest absolute Gasteiger partial charge is 0.242 e. The summed E-state index contributed by atoms with van der Waals surface area (Å²) in [5.74, 6) is -2.15. The van der Waals surface area contributed by atoms with E-state index in [1.807, 2.05) is 0 Å². The maximum absolute atomic E-state index is 14.0. The van der Waals surface area contributed by atoms with E-state index in [-0.39, 0.29) is 16.3 Å². The third-order valence-corrected chi connectivity index (χ3v) is 6.36. The van der Waals surface area contributed by atoms with Crippen LogP contribution < -0.4 is 14.8 Å². The lowest BCUT2D eigenvalue weighted by Crippen LogP contribution is -2.45. The van der Waals surface area contributed by atoms with Crippen molar-refractivity contribution >= 4 is 33.2 Å². The van der Waals surface area contributed by atoms with E-state index in [9.17, 15) is 22.0 Å². The average Bonchev–Trinajstić information content (AvgIpc) is 2.78. The molecule has 0 bridgehead atoms. The minimum absolute atomic E-state index is 0.0341. The van der Waals surface area contributed by atoms with Crippen LogP contribution in [0.1, 0.15) is 12.5 Å². The first kappa shape index (κ1) is 24.6. The molecule has 6 nitrogen and oxygen atoms in total. The van der Waals surface area contributed by atoms with Crippen LogP contribution in [0, 0.1) is 11.6 Å². The minimum Gasteiger partial charge on any atom is -0.492 e. The van der Waals surface area contributed by atoms with Crippen molar-refractivity contribution in [2.45, 2.75) is 24.3 Å². The van der Waals surface area contributed by atoms with Crippen molar-refractivity contribution in [2.24, 2.45) is 0 Å². The first-order valence-electron chi connectivity index (χ1n) is 9.94. The lowest BCUT2D eigenvalue weighted by Gasteiger charge is -2.19. The Hall–Kier alpha value is -3.01. The molecular weight excluding hydrogens is 474 g/mol. The zero-order valence-electron chi connectivity index (χ0n) is 17.5. The molecule has 1 atom stereocenters. The molecule has 174 valence electrons. The van der Waals surface area contributed by atoms with Crippen LogP contribution in [0.4, 0.5) is 14.5 Å². The number of anilines is 1. The van der Waals surface area contributed by atoms with E-state index < -0.39 is 39.3 Å². The van der Waals surface area contributed by atoms with E-state index in [0.717, 1.165) is 18.2 Å². The fourth-order valence-electron chi connectivity index (χ4n) is 3.03. The molecule has 1 amide bonds. The topological polar surface area (TPSA) is 84.5 Å². The van der Waals surface area contributed by atoms with Crippen molar-refractivity contribution in [3.05, 3.63) is 89.0 Å². The standard InChI is InChI=1S/C23H21ClF2N2O4S/c1-2-32-22-11-9-17(14-18(22)24)33(30,31)28-21(12-15-6-4-3-5-7-15)23(29)27-20-13-16(25)8-10-19(20)26/h3-11,13-14,21,28H,2,12H2,1H3,(H,27,29)/t21-/m1/s1. The Morgan fingerprint density at radius 3 is 2.45 bits per heavy atom. The zero-order chi connectivity index (χ0) is 24.0. The number of rotatable bonds is 9. The molecule has 10 heteroatoms. The molecule has 33 heavy (non-hydrogen) atoms. The first-order chi connectivity index (χ1) is 15.7. The lowest BCUT2D eigenvalue weighted by molar-refractivity contribution is -0.117. The highest BCUT2D eigenvalue weighted by Gasteiger charge is 2.27. The van der Waals surface area contributed by atoms with Crippen LogP contribution in [-0.4, -0.2) is 27.0 Å². The summed E-state index contributed by atoms with van der Waals surface area (Å²) < 4.78 is 61.2. The monoisotopic (exact) mass is 494 g/mol. The Labute approximate surface area is 195 Å². The van der Waals surface area contributed by atoms with E-state index in [2.05, 4.69) is 10.0 Å². The highest BCUT2D eigenvalue weighted by atomic mass is 35.5. The van der Waals surface area contributed by atoms with Crippen LogP contribution in [0.5, 0.6) is 5.75 Å². The fraction of sp³-hybridized carbons (Fsp3) is 0.174. The van der Waals surface area contributed by atoms with Crippen molar-refractivity contribution in [1.29, 1.82) is 0 Å². The number of hydrogen-bond donors (Lipinski definition) is 2. The number of nitrogens with one attached hydrogen (secondary N) is 2. The number of carbonyl (C=O) groups excluding carboxylic acids is 1. The Morgan fingerprint density at radius 2 is 1.79 bits per heavy atom. The van der Waals surface area contributed by atoms with Gasteiger partial charge >= 0.3 is 0 Å². The van der Waals surface area contributed by atoms with Crippen molar-refractivity contribution in [2.75, 3.05) is 11.9 Å². The molecule has 0 aliphatic heterocycles. The summed E-state index contributed by atoms with van der Waals surface area (Å²) in [6.07, 6.45) is -0.0341. The van der Waals surface area contributed by atoms with Gasteiger partial charge in [-0.3, -0.25) is 4.79 Å². The maximum Gasteiger partial charge on any atom is 0.242 e. The van der Waals surface area contributed by atoms with Gasteiger partial charge in [0, 0.05) is 6.07 Å². The van der Waals surface area contributed by atoms with E-state index in [1.54, 1.807) is 37.3 Å². The van der Waals surface area contributed by atoms with Crippen molar-refractivity contribution in [3.8, 4) is 5.75 Å². The molecule has 0 spiro atoms. The number of sulfonamides is 1. The molecule has 0 fully saturated rings. The van der Waals surface area contributed by atoms with Gasteiger partial charge in [-0.25, -0.2) is 17.2 Å². The van der Waals surface area contributed by atoms with Gasteiger partial charge in [-0.15, -0.1) is 0 Å². The van der Waals surface area contributed by atoms with Gasteiger partial charge < -0.3 is 10.1 Å². The summed E-state index contributed by atoms with van der Waals surface area (Å²) in [6.45, 7) is 2.11. The Kier molecular flexibility index (Phi) is 8.01. The maximum atomic E-state index is 14.0. The number of amides is 1. The number of benzene rings is 3. The van der Waals surface area contributed by atoms with Crippen LogP contribution >= 0.6 is 11.6 Å². The second-order valence-corrected chi connectivity index (χ2v) is 9.12. The molecule has 0 aromatic heterocycles. The molecule has 3 aromatic carbocycles. The third kappa shape index (κ3) is 6.50. The lowest BCUT2D eigenvalue weighted by atomic mass is 10.1. The Bertz CT molecular complexity index is 1240. The molecule has 3 aromatic rings. The predicted octanol–water partition coefficient (Wildman–Crippen LogP) is 4.55. The molecule has 0 unspecified atom stereocenters. The van der Waals surface area contributed by atoms with E-state index >= 15 is 0 Å². The number of hydrogen-bond acceptors (Lipinski definition) is 4. The minimum atomic E-state index is -4.21. The van der Waals surface area contributed by atoms with Gasteiger partial charge in [0.1, 0.15) is 23.4 Å². The molecular formula is C23H21ClF2N2O4S. The Balaban J connectivity index is 1.89. The molecule has 0 aliphatic rings. The van der Waals surface area contributed by atoms with Crippen LogP contribution in [0.2, 0.25) is 5.02 Å². The Morgan fingerprint density at radius 1 is 1.06 bits per heavy atom. The quantitative estimate of drug-likeness (QED) is 0.457. The summed E-state index contributed by atoms with van der Waals surface area (Å²) in [4.78, 5) is 12.7. The van der Waals surface area contributed by atoms with Crippen molar-refractivity contribution < 1.29 is 26.7 Å². The molecule has 0 aliphatic carbocycles. The van der Waals surface area contributed by atoms with Crippen molar-refractivity contribution in [1.82, 2.24) is 4.72 Å². The number of ether oxygens (including phenoxy) is 1. The van der Waals surface area contributed by atoms with Gasteiger partial charge in [0.15, 0.2) is 0 Å². The zero-order valence-corrected chi connectivity index (χ0v) is 19.1. The SMILES string of the molecule is CCOc1ccc(S(=O)(=O)N[C@H](Cc2ccccc2)C(=O)Nc2cc(F)ccc2F)cc1Cl. The molecule has 2 N–H and O–H groups in total.